The zero-order chi connectivity index (χ0) is 20.4. The molecular weight excluding hydrogens is 398 g/mol. The van der Waals surface area contributed by atoms with Crippen LogP contribution in [0.2, 0.25) is 5.02 Å². The molecule has 8 heteroatoms. The van der Waals surface area contributed by atoms with Crippen LogP contribution in [0.1, 0.15) is 18.1 Å². The van der Waals surface area contributed by atoms with Crippen LogP contribution in [0.3, 0.4) is 0 Å². The van der Waals surface area contributed by atoms with E-state index < -0.39 is 11.8 Å². The van der Waals surface area contributed by atoms with Crippen molar-refractivity contribution in [1.82, 2.24) is 16.2 Å². The Morgan fingerprint density at radius 2 is 1.82 bits per heavy atom. The van der Waals surface area contributed by atoms with Gasteiger partial charge in [0.2, 0.25) is 5.91 Å². The highest BCUT2D eigenvalue weighted by molar-refractivity contribution is 7.80. The van der Waals surface area contributed by atoms with Gasteiger partial charge in [-0.25, -0.2) is 0 Å². The van der Waals surface area contributed by atoms with Crippen molar-refractivity contribution >= 4 is 46.8 Å². The second-order valence-corrected chi connectivity index (χ2v) is 6.45. The Kier molecular flexibility index (Phi) is 8.45. The molecule has 0 aliphatic carbocycles. The minimum Gasteiger partial charge on any atom is -0.484 e. The smallest absolute Gasteiger partial charge is 0.276 e. The van der Waals surface area contributed by atoms with E-state index >= 15 is 0 Å². The summed E-state index contributed by atoms with van der Waals surface area (Å²) in [4.78, 5) is 23.6. The summed E-state index contributed by atoms with van der Waals surface area (Å²) >= 11 is 11.0. The Bertz CT molecular complexity index is 869. The number of hydrazine groups is 1. The molecule has 0 heterocycles. The van der Waals surface area contributed by atoms with E-state index in [4.69, 9.17) is 28.6 Å². The lowest BCUT2D eigenvalue weighted by molar-refractivity contribution is -0.123. The lowest BCUT2D eigenvalue weighted by Gasteiger charge is -2.10. The molecular formula is C20H20ClN3O3S. The molecule has 0 saturated heterocycles. The third-order valence-corrected chi connectivity index (χ3v) is 4.12. The molecule has 0 aliphatic heterocycles. The molecule has 0 saturated carbocycles. The summed E-state index contributed by atoms with van der Waals surface area (Å²) in [7, 11) is 0. The number of ether oxygens (including phenoxy) is 1. The summed E-state index contributed by atoms with van der Waals surface area (Å²) in [6, 6.07) is 14.6. The van der Waals surface area contributed by atoms with Crippen molar-refractivity contribution in [2.45, 2.75) is 13.3 Å². The van der Waals surface area contributed by atoms with Gasteiger partial charge in [-0.3, -0.25) is 25.8 Å². The minimum atomic E-state index is -0.459. The van der Waals surface area contributed by atoms with Gasteiger partial charge in [0.05, 0.1) is 0 Å². The van der Waals surface area contributed by atoms with Crippen molar-refractivity contribution in [3.8, 4) is 5.75 Å². The molecule has 0 aliphatic rings. The van der Waals surface area contributed by atoms with Gasteiger partial charge in [-0.05, 0) is 54.0 Å². The zero-order valence-corrected chi connectivity index (χ0v) is 16.8. The van der Waals surface area contributed by atoms with Crippen molar-refractivity contribution in [2.75, 3.05) is 6.61 Å². The van der Waals surface area contributed by atoms with Crippen LogP contribution in [-0.2, 0) is 16.0 Å². The van der Waals surface area contributed by atoms with E-state index in [9.17, 15) is 9.59 Å². The van der Waals surface area contributed by atoms with Crippen LogP contribution in [0.25, 0.3) is 6.08 Å². The molecule has 2 aromatic rings. The van der Waals surface area contributed by atoms with Gasteiger partial charge in [0.15, 0.2) is 11.7 Å². The minimum absolute atomic E-state index is 0.0468. The maximum atomic E-state index is 11.8. The summed E-state index contributed by atoms with van der Waals surface area (Å²) in [6.07, 6.45) is 3.79. The summed E-state index contributed by atoms with van der Waals surface area (Å²) in [5, 5.41) is 2.89. The van der Waals surface area contributed by atoms with Gasteiger partial charge in [0, 0.05) is 11.1 Å². The van der Waals surface area contributed by atoms with E-state index in [2.05, 4.69) is 23.1 Å². The molecule has 146 valence electrons. The molecule has 28 heavy (non-hydrogen) atoms. The summed E-state index contributed by atoms with van der Waals surface area (Å²) in [6.45, 7) is 1.87. The van der Waals surface area contributed by atoms with Crippen molar-refractivity contribution in [2.24, 2.45) is 0 Å². The lowest BCUT2D eigenvalue weighted by Crippen LogP contribution is -2.49. The monoisotopic (exact) mass is 417 g/mol. The fraction of sp³-hybridized carbons (Fsp3) is 0.150. The Labute approximate surface area is 173 Å². The number of rotatable bonds is 6. The second-order valence-electron chi connectivity index (χ2n) is 5.63. The van der Waals surface area contributed by atoms with E-state index in [1.54, 1.807) is 36.4 Å². The zero-order valence-electron chi connectivity index (χ0n) is 15.2. The first kappa shape index (κ1) is 21.4. The fourth-order valence-corrected chi connectivity index (χ4v) is 2.44. The number of carbonyl (C=O) groups is 2. The molecule has 0 aromatic heterocycles. The molecule has 0 radical (unpaired) electrons. The molecule has 3 N–H and O–H groups in total. The maximum Gasteiger partial charge on any atom is 0.276 e. The summed E-state index contributed by atoms with van der Waals surface area (Å²) in [5.41, 5.74) is 6.67. The van der Waals surface area contributed by atoms with Gasteiger partial charge in [-0.15, -0.1) is 0 Å². The van der Waals surface area contributed by atoms with Gasteiger partial charge in [0.25, 0.3) is 5.91 Å². The average molecular weight is 418 g/mol. The molecule has 0 atom stereocenters. The molecule has 0 fully saturated rings. The number of carbonyl (C=O) groups excluding carboxylic acids is 2. The molecule has 0 unspecified atom stereocenters. The molecule has 6 nitrogen and oxygen atoms in total. The highest BCUT2D eigenvalue weighted by Gasteiger charge is 2.05. The van der Waals surface area contributed by atoms with Crippen LogP contribution in [0, 0.1) is 0 Å². The van der Waals surface area contributed by atoms with Gasteiger partial charge in [-0.2, -0.15) is 0 Å². The molecule has 2 rings (SSSR count). The molecule has 2 amide bonds. The number of aryl methyl sites for hydroxylation is 1. The second kappa shape index (κ2) is 11.1. The van der Waals surface area contributed by atoms with E-state index in [0.29, 0.717) is 16.3 Å². The van der Waals surface area contributed by atoms with Crippen LogP contribution in [0.5, 0.6) is 5.75 Å². The molecule has 0 bridgehead atoms. The van der Waals surface area contributed by atoms with Crippen molar-refractivity contribution < 1.29 is 14.3 Å². The predicted molar refractivity (Wildman–Crippen MR) is 114 cm³/mol. The Balaban J connectivity index is 1.70. The number of halogens is 1. The number of hydrogen-bond acceptors (Lipinski definition) is 4. The first-order chi connectivity index (χ1) is 13.5. The first-order valence-corrected chi connectivity index (χ1v) is 9.30. The normalized spacial score (nSPS) is 10.4. The third-order valence-electron chi connectivity index (χ3n) is 3.57. The molecule has 2 aromatic carbocycles. The van der Waals surface area contributed by atoms with Crippen LogP contribution < -0.4 is 20.9 Å². The standard InChI is InChI=1S/C20H20ClN3O3S/c1-2-14-7-10-16(11-8-14)27-13-19(26)23-24-20(28)22-18(25)12-9-15-5-3-4-6-17(15)21/h3-12H,2,13H2,1H3,(H,23,26)(H2,22,24,25,28). The Hall–Kier alpha value is -2.90. The predicted octanol–water partition coefficient (Wildman–Crippen LogP) is 3.02. The van der Waals surface area contributed by atoms with Gasteiger partial charge in [0.1, 0.15) is 5.75 Å². The number of nitrogens with one attached hydrogen (secondary N) is 3. The average Bonchev–Trinajstić information content (AvgIpc) is 2.70. The molecule has 0 spiro atoms. The first-order valence-electron chi connectivity index (χ1n) is 8.52. The number of benzene rings is 2. The fourth-order valence-electron chi connectivity index (χ4n) is 2.09. The van der Waals surface area contributed by atoms with Crippen molar-refractivity contribution in [3.63, 3.8) is 0 Å². The van der Waals surface area contributed by atoms with E-state index in [0.717, 1.165) is 6.42 Å². The van der Waals surface area contributed by atoms with E-state index in [-0.39, 0.29) is 11.7 Å². The van der Waals surface area contributed by atoms with Crippen molar-refractivity contribution in [3.05, 3.63) is 70.8 Å². The highest BCUT2D eigenvalue weighted by Crippen LogP contribution is 2.16. The largest absolute Gasteiger partial charge is 0.484 e. The van der Waals surface area contributed by atoms with Crippen LogP contribution in [0.15, 0.2) is 54.6 Å². The Morgan fingerprint density at radius 1 is 1.11 bits per heavy atom. The third kappa shape index (κ3) is 7.38. The topological polar surface area (TPSA) is 79.5 Å². The number of hydrogen-bond donors (Lipinski definition) is 3. The van der Waals surface area contributed by atoms with E-state index in [1.165, 1.54) is 11.6 Å². The lowest BCUT2D eigenvalue weighted by atomic mass is 10.2. The van der Waals surface area contributed by atoms with Crippen LogP contribution in [-0.4, -0.2) is 23.5 Å². The van der Waals surface area contributed by atoms with Gasteiger partial charge < -0.3 is 4.74 Å². The summed E-state index contributed by atoms with van der Waals surface area (Å²) in [5.74, 6) is -0.311. The van der Waals surface area contributed by atoms with Gasteiger partial charge >= 0.3 is 0 Å². The van der Waals surface area contributed by atoms with Crippen molar-refractivity contribution in [1.29, 1.82) is 0 Å². The van der Waals surface area contributed by atoms with Crippen LogP contribution >= 0.6 is 23.8 Å². The summed E-state index contributed by atoms with van der Waals surface area (Å²) < 4.78 is 5.37. The Morgan fingerprint density at radius 3 is 2.50 bits per heavy atom. The number of thiocarbonyl (C=S) groups is 1. The van der Waals surface area contributed by atoms with Gasteiger partial charge in [-0.1, -0.05) is 48.9 Å². The highest BCUT2D eigenvalue weighted by atomic mass is 35.5. The number of amides is 2. The van der Waals surface area contributed by atoms with E-state index in [1.807, 2.05) is 18.2 Å². The van der Waals surface area contributed by atoms with Crippen LogP contribution in [0.4, 0.5) is 0 Å². The quantitative estimate of drug-likeness (QED) is 0.382. The maximum absolute atomic E-state index is 11.8. The SMILES string of the molecule is CCc1ccc(OCC(=O)NNC(=S)NC(=O)C=Cc2ccccc2Cl)cc1.